The van der Waals surface area contributed by atoms with Crippen LogP contribution in [-0.2, 0) is 17.8 Å². The van der Waals surface area contributed by atoms with E-state index in [2.05, 4.69) is 31.2 Å². The number of carbonyl (C=O) groups is 1. The molecule has 0 bridgehead atoms. The third kappa shape index (κ3) is 5.11. The van der Waals surface area contributed by atoms with E-state index in [1.165, 1.54) is 5.56 Å². The van der Waals surface area contributed by atoms with E-state index in [9.17, 15) is 4.79 Å². The Morgan fingerprint density at radius 2 is 1.64 bits per heavy atom. The van der Waals surface area contributed by atoms with Gasteiger partial charge in [-0.1, -0.05) is 37.3 Å². The minimum atomic E-state index is -0.0469. The molecule has 2 aromatic rings. The van der Waals surface area contributed by atoms with E-state index in [0.717, 1.165) is 17.5 Å². The van der Waals surface area contributed by atoms with Crippen molar-refractivity contribution in [3.8, 4) is 11.5 Å². The quantitative estimate of drug-likeness (QED) is 0.717. The van der Waals surface area contributed by atoms with E-state index in [1.54, 1.807) is 38.3 Å². The lowest BCUT2D eigenvalue weighted by Gasteiger charge is -2.15. The Kier molecular flexibility index (Phi) is 6.63. The van der Waals surface area contributed by atoms with Crippen LogP contribution in [0.5, 0.6) is 11.5 Å². The number of methoxy groups -OCH3 is 2. The molecule has 0 N–H and O–H groups in total. The Morgan fingerprint density at radius 1 is 1.00 bits per heavy atom. The van der Waals surface area contributed by atoms with Gasteiger partial charge in [0, 0.05) is 19.7 Å². The molecule has 0 aliphatic carbocycles. The molecule has 0 unspecified atom stereocenters. The van der Waals surface area contributed by atoms with E-state index < -0.39 is 0 Å². The van der Waals surface area contributed by atoms with Crippen molar-refractivity contribution in [1.82, 2.24) is 4.90 Å². The number of hydrogen-bond acceptors (Lipinski definition) is 3. The highest BCUT2D eigenvalue weighted by Gasteiger charge is 2.07. The van der Waals surface area contributed by atoms with Crippen LogP contribution in [0.1, 0.15) is 23.6 Å². The third-order valence-electron chi connectivity index (χ3n) is 4.05. The molecule has 0 spiro atoms. The zero-order chi connectivity index (χ0) is 18.2. The Hall–Kier alpha value is -2.75. The highest BCUT2D eigenvalue weighted by atomic mass is 16.5. The lowest BCUT2D eigenvalue weighted by Crippen LogP contribution is -2.24. The molecule has 0 saturated carbocycles. The lowest BCUT2D eigenvalue weighted by atomic mass is 10.1. The number of likely N-dealkylation sites (N-methyl/N-ethyl adjacent to an activating group) is 1. The standard InChI is InChI=1S/C21H25NO3/c1-5-16-6-8-18(9-7-16)15-22(2)21(23)13-11-17-10-12-19(24-3)20(14-17)25-4/h6-14H,5,15H2,1-4H3/b13-11+. The summed E-state index contributed by atoms with van der Waals surface area (Å²) in [5, 5.41) is 0. The van der Waals surface area contributed by atoms with E-state index in [4.69, 9.17) is 9.47 Å². The van der Waals surface area contributed by atoms with Gasteiger partial charge in [0.1, 0.15) is 0 Å². The van der Waals surface area contributed by atoms with Gasteiger partial charge in [0.15, 0.2) is 11.5 Å². The van der Waals surface area contributed by atoms with E-state index in [-0.39, 0.29) is 5.91 Å². The molecule has 0 heterocycles. The summed E-state index contributed by atoms with van der Waals surface area (Å²) in [7, 11) is 4.99. The van der Waals surface area contributed by atoms with Crippen molar-refractivity contribution < 1.29 is 14.3 Å². The van der Waals surface area contributed by atoms with E-state index in [1.807, 2.05) is 18.2 Å². The molecule has 132 valence electrons. The van der Waals surface area contributed by atoms with Crippen LogP contribution in [0.15, 0.2) is 48.5 Å². The Bertz CT molecular complexity index is 735. The number of ether oxygens (including phenoxy) is 2. The summed E-state index contributed by atoms with van der Waals surface area (Å²) in [5.41, 5.74) is 3.30. The molecule has 25 heavy (non-hydrogen) atoms. The fourth-order valence-corrected chi connectivity index (χ4v) is 2.48. The number of amides is 1. The summed E-state index contributed by atoms with van der Waals surface area (Å²) in [5.74, 6) is 1.26. The first-order valence-corrected chi connectivity index (χ1v) is 8.30. The lowest BCUT2D eigenvalue weighted by molar-refractivity contribution is -0.125. The largest absolute Gasteiger partial charge is 0.493 e. The SMILES string of the molecule is CCc1ccc(CN(C)C(=O)/C=C/c2ccc(OC)c(OC)c2)cc1. The van der Waals surface area contributed by atoms with Gasteiger partial charge in [0.2, 0.25) is 5.91 Å². The highest BCUT2D eigenvalue weighted by molar-refractivity contribution is 5.91. The molecule has 4 nitrogen and oxygen atoms in total. The van der Waals surface area contributed by atoms with Crippen molar-refractivity contribution in [2.24, 2.45) is 0 Å². The minimum absolute atomic E-state index is 0.0469. The van der Waals surface area contributed by atoms with Gasteiger partial charge in [-0.25, -0.2) is 0 Å². The first-order chi connectivity index (χ1) is 12.1. The molecule has 1 amide bonds. The molecule has 0 saturated heterocycles. The smallest absolute Gasteiger partial charge is 0.246 e. The maximum atomic E-state index is 12.3. The van der Waals surface area contributed by atoms with Crippen LogP contribution in [0.3, 0.4) is 0 Å². The third-order valence-corrected chi connectivity index (χ3v) is 4.05. The van der Waals surface area contributed by atoms with Gasteiger partial charge in [-0.3, -0.25) is 4.79 Å². The van der Waals surface area contributed by atoms with Gasteiger partial charge < -0.3 is 14.4 Å². The molecule has 0 aliphatic heterocycles. The summed E-state index contributed by atoms with van der Waals surface area (Å²) < 4.78 is 10.5. The van der Waals surface area contributed by atoms with Crippen LogP contribution in [0.4, 0.5) is 0 Å². The Morgan fingerprint density at radius 3 is 2.24 bits per heavy atom. The van der Waals surface area contributed by atoms with Crippen molar-refractivity contribution in [3.05, 3.63) is 65.2 Å². The molecule has 0 aromatic heterocycles. The summed E-state index contributed by atoms with van der Waals surface area (Å²) >= 11 is 0. The van der Waals surface area contributed by atoms with Gasteiger partial charge in [-0.2, -0.15) is 0 Å². The van der Waals surface area contributed by atoms with Crippen LogP contribution in [-0.4, -0.2) is 32.1 Å². The van der Waals surface area contributed by atoms with E-state index >= 15 is 0 Å². The maximum Gasteiger partial charge on any atom is 0.246 e. The first-order valence-electron chi connectivity index (χ1n) is 8.30. The molecule has 0 aliphatic rings. The van der Waals surface area contributed by atoms with Gasteiger partial charge in [-0.15, -0.1) is 0 Å². The minimum Gasteiger partial charge on any atom is -0.493 e. The molecule has 2 aromatic carbocycles. The zero-order valence-electron chi connectivity index (χ0n) is 15.3. The normalized spacial score (nSPS) is 10.7. The number of carbonyl (C=O) groups excluding carboxylic acids is 1. The molecule has 4 heteroatoms. The zero-order valence-corrected chi connectivity index (χ0v) is 15.3. The van der Waals surface area contributed by atoms with Gasteiger partial charge in [0.25, 0.3) is 0 Å². The van der Waals surface area contributed by atoms with Crippen LogP contribution in [0.25, 0.3) is 6.08 Å². The van der Waals surface area contributed by atoms with Crippen LogP contribution < -0.4 is 9.47 Å². The van der Waals surface area contributed by atoms with Gasteiger partial charge >= 0.3 is 0 Å². The molecule has 2 rings (SSSR count). The molecule has 0 radical (unpaired) electrons. The van der Waals surface area contributed by atoms with Crippen molar-refractivity contribution in [1.29, 1.82) is 0 Å². The second-order valence-electron chi connectivity index (χ2n) is 5.81. The maximum absolute atomic E-state index is 12.3. The van der Waals surface area contributed by atoms with Crippen molar-refractivity contribution in [2.45, 2.75) is 19.9 Å². The molecular formula is C21H25NO3. The van der Waals surface area contributed by atoms with E-state index in [0.29, 0.717) is 18.0 Å². The second-order valence-corrected chi connectivity index (χ2v) is 5.81. The predicted octanol–water partition coefficient (Wildman–Crippen LogP) is 3.94. The summed E-state index contributed by atoms with van der Waals surface area (Å²) in [4.78, 5) is 14.0. The summed E-state index contributed by atoms with van der Waals surface area (Å²) in [6, 6.07) is 13.9. The fraction of sp³-hybridized carbons (Fsp3) is 0.286. The first kappa shape index (κ1) is 18.6. The average Bonchev–Trinajstić information content (AvgIpc) is 2.66. The predicted molar refractivity (Wildman–Crippen MR) is 101 cm³/mol. The second kappa shape index (κ2) is 8.92. The number of nitrogens with zero attached hydrogens (tertiary/aromatic N) is 1. The van der Waals surface area contributed by atoms with Crippen molar-refractivity contribution in [3.63, 3.8) is 0 Å². The number of rotatable bonds is 7. The van der Waals surface area contributed by atoms with Gasteiger partial charge in [0.05, 0.1) is 14.2 Å². The van der Waals surface area contributed by atoms with Crippen LogP contribution in [0.2, 0.25) is 0 Å². The number of hydrogen-bond donors (Lipinski definition) is 0. The summed E-state index contributed by atoms with van der Waals surface area (Å²) in [6.45, 7) is 2.71. The Balaban J connectivity index is 2.01. The topological polar surface area (TPSA) is 38.8 Å². The Labute approximate surface area is 149 Å². The molecular weight excluding hydrogens is 314 g/mol. The van der Waals surface area contributed by atoms with Crippen LogP contribution >= 0.6 is 0 Å². The van der Waals surface area contributed by atoms with Gasteiger partial charge in [-0.05, 0) is 41.3 Å². The van der Waals surface area contributed by atoms with Crippen molar-refractivity contribution in [2.75, 3.05) is 21.3 Å². The van der Waals surface area contributed by atoms with Crippen molar-refractivity contribution >= 4 is 12.0 Å². The monoisotopic (exact) mass is 339 g/mol. The average molecular weight is 339 g/mol. The van der Waals surface area contributed by atoms with Crippen LogP contribution in [0, 0.1) is 0 Å². The summed E-state index contributed by atoms with van der Waals surface area (Å²) in [6.07, 6.45) is 4.37. The number of benzene rings is 2. The highest BCUT2D eigenvalue weighted by Crippen LogP contribution is 2.27. The fourth-order valence-electron chi connectivity index (χ4n) is 2.48. The molecule has 0 fully saturated rings. The molecule has 0 atom stereocenters. The number of aryl methyl sites for hydroxylation is 1.